The van der Waals surface area contributed by atoms with Crippen molar-refractivity contribution < 1.29 is 14.7 Å². The molecule has 1 heterocycles. The van der Waals surface area contributed by atoms with Gasteiger partial charge in [-0.25, -0.2) is 9.59 Å². The molecule has 2 rings (SSSR count). The van der Waals surface area contributed by atoms with Gasteiger partial charge in [0, 0.05) is 31.0 Å². The molecular weight excluding hydrogens is 272 g/mol. The quantitative estimate of drug-likeness (QED) is 0.798. The third kappa shape index (κ3) is 3.82. The van der Waals surface area contributed by atoms with Gasteiger partial charge in [0.05, 0.1) is 11.8 Å². The number of urea groups is 1. The van der Waals surface area contributed by atoms with Crippen LogP contribution in [-0.2, 0) is 13.6 Å². The van der Waals surface area contributed by atoms with Gasteiger partial charge in [0.2, 0.25) is 0 Å². The minimum absolute atomic E-state index is 0.219. The normalized spacial score (nSPS) is 10.2. The SMILES string of the molecule is Cc1cc(NC(=O)NCc2cnn(C)c2)ccc1C(=O)O. The zero-order chi connectivity index (χ0) is 15.4. The topological polar surface area (TPSA) is 96.3 Å². The highest BCUT2D eigenvalue weighted by Gasteiger charge is 2.08. The van der Waals surface area contributed by atoms with E-state index in [0.717, 1.165) is 5.56 Å². The lowest BCUT2D eigenvalue weighted by atomic mass is 10.1. The fraction of sp³-hybridized carbons (Fsp3) is 0.214. The van der Waals surface area contributed by atoms with E-state index in [1.165, 1.54) is 6.07 Å². The van der Waals surface area contributed by atoms with Crippen LogP contribution in [0.4, 0.5) is 10.5 Å². The molecule has 0 spiro atoms. The molecule has 3 N–H and O–H groups in total. The Morgan fingerprint density at radius 1 is 1.38 bits per heavy atom. The predicted octanol–water partition coefficient (Wildman–Crippen LogP) is 1.75. The highest BCUT2D eigenvalue weighted by atomic mass is 16.4. The van der Waals surface area contributed by atoms with E-state index in [9.17, 15) is 9.59 Å². The van der Waals surface area contributed by atoms with E-state index in [4.69, 9.17) is 5.11 Å². The molecule has 1 aromatic carbocycles. The minimum atomic E-state index is -0.986. The number of nitrogens with zero attached hydrogens (tertiary/aromatic N) is 2. The van der Waals surface area contributed by atoms with Gasteiger partial charge in [-0.3, -0.25) is 4.68 Å². The van der Waals surface area contributed by atoms with Crippen molar-refractivity contribution in [3.63, 3.8) is 0 Å². The van der Waals surface area contributed by atoms with Crippen molar-refractivity contribution in [3.8, 4) is 0 Å². The van der Waals surface area contributed by atoms with Gasteiger partial charge in [-0.1, -0.05) is 0 Å². The molecule has 21 heavy (non-hydrogen) atoms. The number of carboxylic acids is 1. The molecule has 0 bridgehead atoms. The molecule has 0 aliphatic heterocycles. The molecule has 110 valence electrons. The van der Waals surface area contributed by atoms with Crippen molar-refractivity contribution in [2.24, 2.45) is 7.05 Å². The summed E-state index contributed by atoms with van der Waals surface area (Å²) in [4.78, 5) is 22.7. The Bertz CT molecular complexity index is 679. The standard InChI is InChI=1S/C14H16N4O3/c1-9-5-11(3-4-12(9)13(19)20)17-14(21)15-6-10-7-16-18(2)8-10/h3-5,7-8H,6H2,1-2H3,(H,19,20)(H2,15,17,21). The summed E-state index contributed by atoms with van der Waals surface area (Å²) in [5.41, 5.74) is 2.25. The smallest absolute Gasteiger partial charge is 0.335 e. The van der Waals surface area contributed by atoms with Gasteiger partial charge in [-0.2, -0.15) is 5.10 Å². The average molecular weight is 288 g/mol. The lowest BCUT2D eigenvalue weighted by Crippen LogP contribution is -2.28. The molecule has 0 radical (unpaired) electrons. The van der Waals surface area contributed by atoms with Crippen LogP contribution in [0.1, 0.15) is 21.5 Å². The van der Waals surface area contributed by atoms with Gasteiger partial charge in [0.1, 0.15) is 0 Å². The van der Waals surface area contributed by atoms with E-state index >= 15 is 0 Å². The third-order valence-electron chi connectivity index (χ3n) is 2.93. The van der Waals surface area contributed by atoms with Crippen LogP contribution in [-0.4, -0.2) is 26.9 Å². The van der Waals surface area contributed by atoms with Gasteiger partial charge in [0.15, 0.2) is 0 Å². The van der Waals surface area contributed by atoms with Crippen LogP contribution in [0.5, 0.6) is 0 Å². The Balaban J connectivity index is 1.93. The van der Waals surface area contributed by atoms with E-state index in [2.05, 4.69) is 15.7 Å². The number of carboxylic acid groups (broad SMARTS) is 1. The molecule has 1 aromatic heterocycles. The summed E-state index contributed by atoms with van der Waals surface area (Å²) >= 11 is 0. The van der Waals surface area contributed by atoms with Crippen molar-refractivity contribution in [1.82, 2.24) is 15.1 Å². The highest BCUT2D eigenvalue weighted by Crippen LogP contribution is 2.15. The van der Waals surface area contributed by atoms with Crippen LogP contribution in [0, 0.1) is 6.92 Å². The number of anilines is 1. The van der Waals surface area contributed by atoms with E-state index in [-0.39, 0.29) is 11.6 Å². The van der Waals surface area contributed by atoms with Gasteiger partial charge in [-0.05, 0) is 30.7 Å². The van der Waals surface area contributed by atoms with Crippen LogP contribution in [0.15, 0.2) is 30.6 Å². The number of aryl methyl sites for hydroxylation is 2. The van der Waals surface area contributed by atoms with Crippen molar-refractivity contribution in [3.05, 3.63) is 47.3 Å². The van der Waals surface area contributed by atoms with E-state index < -0.39 is 5.97 Å². The zero-order valence-corrected chi connectivity index (χ0v) is 11.8. The summed E-state index contributed by atoms with van der Waals surface area (Å²) in [6.45, 7) is 2.05. The summed E-state index contributed by atoms with van der Waals surface area (Å²) in [5.74, 6) is -0.986. The second-order valence-electron chi connectivity index (χ2n) is 4.66. The van der Waals surface area contributed by atoms with Gasteiger partial charge >= 0.3 is 12.0 Å². The molecule has 0 atom stereocenters. The number of aromatic carboxylic acids is 1. The number of amides is 2. The molecule has 0 unspecified atom stereocenters. The molecule has 0 saturated carbocycles. The number of rotatable bonds is 4. The van der Waals surface area contributed by atoms with Crippen LogP contribution in [0.2, 0.25) is 0 Å². The first-order valence-corrected chi connectivity index (χ1v) is 6.32. The molecule has 2 aromatic rings. The maximum atomic E-state index is 11.8. The largest absolute Gasteiger partial charge is 0.478 e. The molecule has 2 amide bonds. The molecule has 7 heteroatoms. The van der Waals surface area contributed by atoms with Crippen molar-refractivity contribution in [1.29, 1.82) is 0 Å². The molecule has 0 aliphatic rings. The summed E-state index contributed by atoms with van der Waals surface area (Å²) in [5, 5.41) is 18.3. The van der Waals surface area contributed by atoms with Crippen LogP contribution in [0.25, 0.3) is 0 Å². The Hall–Kier alpha value is -2.83. The Kier molecular flexibility index (Phi) is 4.22. The highest BCUT2D eigenvalue weighted by molar-refractivity contribution is 5.92. The van der Waals surface area contributed by atoms with Crippen molar-refractivity contribution in [2.45, 2.75) is 13.5 Å². The number of hydrogen-bond acceptors (Lipinski definition) is 3. The lowest BCUT2D eigenvalue weighted by molar-refractivity contribution is 0.0696. The number of aromatic nitrogens is 2. The first kappa shape index (κ1) is 14.6. The molecular formula is C14H16N4O3. The molecule has 7 nitrogen and oxygen atoms in total. The first-order valence-electron chi connectivity index (χ1n) is 6.32. The maximum Gasteiger partial charge on any atom is 0.335 e. The van der Waals surface area contributed by atoms with Gasteiger partial charge < -0.3 is 15.7 Å². The van der Waals surface area contributed by atoms with E-state index in [1.54, 1.807) is 37.0 Å². The van der Waals surface area contributed by atoms with Crippen LogP contribution < -0.4 is 10.6 Å². The fourth-order valence-electron chi connectivity index (χ4n) is 1.90. The predicted molar refractivity (Wildman–Crippen MR) is 77.2 cm³/mol. The second kappa shape index (κ2) is 6.08. The van der Waals surface area contributed by atoms with Crippen molar-refractivity contribution >= 4 is 17.7 Å². The van der Waals surface area contributed by atoms with Crippen LogP contribution in [0.3, 0.4) is 0 Å². The van der Waals surface area contributed by atoms with E-state index in [1.807, 2.05) is 6.20 Å². The first-order chi connectivity index (χ1) is 9.95. The lowest BCUT2D eigenvalue weighted by Gasteiger charge is -2.08. The minimum Gasteiger partial charge on any atom is -0.478 e. The van der Waals surface area contributed by atoms with Gasteiger partial charge in [-0.15, -0.1) is 0 Å². The monoisotopic (exact) mass is 288 g/mol. The number of nitrogens with one attached hydrogen (secondary N) is 2. The summed E-state index contributed by atoms with van der Waals surface area (Å²) in [6, 6.07) is 4.28. The molecule has 0 saturated heterocycles. The van der Waals surface area contributed by atoms with E-state index in [0.29, 0.717) is 17.8 Å². The second-order valence-corrected chi connectivity index (χ2v) is 4.66. The summed E-state index contributed by atoms with van der Waals surface area (Å²) < 4.78 is 1.66. The average Bonchev–Trinajstić information content (AvgIpc) is 2.82. The number of carbonyl (C=O) groups excluding carboxylic acids is 1. The Labute approximate surface area is 121 Å². The molecule has 0 aliphatic carbocycles. The number of hydrogen-bond donors (Lipinski definition) is 3. The maximum absolute atomic E-state index is 11.8. The summed E-state index contributed by atoms with van der Waals surface area (Å²) in [7, 11) is 1.80. The van der Waals surface area contributed by atoms with Gasteiger partial charge in [0.25, 0.3) is 0 Å². The van der Waals surface area contributed by atoms with Crippen LogP contribution >= 0.6 is 0 Å². The summed E-state index contributed by atoms with van der Waals surface area (Å²) in [6.07, 6.45) is 3.48. The zero-order valence-electron chi connectivity index (χ0n) is 11.8. The molecule has 0 fully saturated rings. The Morgan fingerprint density at radius 2 is 2.14 bits per heavy atom. The number of benzene rings is 1. The Morgan fingerprint density at radius 3 is 2.71 bits per heavy atom. The number of carbonyl (C=O) groups is 2. The fourth-order valence-corrected chi connectivity index (χ4v) is 1.90. The van der Waals surface area contributed by atoms with Crippen molar-refractivity contribution in [2.75, 3.05) is 5.32 Å². The third-order valence-corrected chi connectivity index (χ3v) is 2.93.